The van der Waals surface area contributed by atoms with Crippen LogP contribution in [0, 0.1) is 0 Å². The molecule has 3 aliphatic rings. The van der Waals surface area contributed by atoms with Gasteiger partial charge in [-0.1, -0.05) is 6.08 Å². The smallest absolute Gasteiger partial charge is 0.273 e. The van der Waals surface area contributed by atoms with Gasteiger partial charge in [-0.25, -0.2) is 4.68 Å². The Balaban J connectivity index is 1.51. The summed E-state index contributed by atoms with van der Waals surface area (Å²) < 4.78 is 7.19. The number of hydrogen-bond acceptors (Lipinski definition) is 6. The molecule has 1 aromatic heterocycles. The summed E-state index contributed by atoms with van der Waals surface area (Å²) in [6.45, 7) is 5.48. The number of hydrogen-bond donors (Lipinski definition) is 3. The first-order valence-corrected chi connectivity index (χ1v) is 10.4. The Morgan fingerprint density at radius 1 is 1.11 bits per heavy atom. The lowest BCUT2D eigenvalue weighted by Crippen LogP contribution is -2.65. The van der Waals surface area contributed by atoms with Gasteiger partial charge in [-0.05, 0) is 44.0 Å². The van der Waals surface area contributed by atoms with Crippen molar-refractivity contribution in [1.29, 1.82) is 0 Å². The molecule has 0 saturated carbocycles. The maximum atomic E-state index is 13.2. The van der Waals surface area contributed by atoms with Crippen LogP contribution in [0.1, 0.15) is 24.1 Å². The fourth-order valence-electron chi connectivity index (χ4n) is 4.44. The molecule has 0 amide bonds. The average Bonchev–Trinajstić information content (AvgIpc) is 3.09. The van der Waals surface area contributed by atoms with Crippen molar-refractivity contribution >= 4 is 0 Å². The van der Waals surface area contributed by atoms with Crippen LogP contribution in [0.4, 0.5) is 0 Å². The molecule has 3 heterocycles. The van der Waals surface area contributed by atoms with Crippen LogP contribution < -0.4 is 10.9 Å². The molecule has 0 aromatic carbocycles. The van der Waals surface area contributed by atoms with Crippen molar-refractivity contribution in [3.8, 4) is 0 Å². The standard InChI is InChI=1S/C20H31N5O3/c26-14-16-28-15-13-23-9-11-24(12-10-23)20(7-3-4-8-21-20)25-19(27)17-5-1-2-6-18(17)22-25/h3-4,7-8,21-22,26H,1-2,5-6,9-16H2. The highest BCUT2D eigenvalue weighted by Crippen LogP contribution is 2.25. The molecule has 1 unspecified atom stereocenters. The van der Waals surface area contributed by atoms with Crippen molar-refractivity contribution in [2.75, 3.05) is 52.5 Å². The molecule has 8 heteroatoms. The van der Waals surface area contributed by atoms with E-state index in [-0.39, 0.29) is 12.2 Å². The van der Waals surface area contributed by atoms with E-state index in [0.29, 0.717) is 13.2 Å². The molecule has 1 saturated heterocycles. The molecule has 0 radical (unpaired) electrons. The first kappa shape index (κ1) is 19.4. The van der Waals surface area contributed by atoms with E-state index in [1.54, 1.807) is 4.68 Å². The molecule has 0 bridgehead atoms. The number of H-pyrrole nitrogens is 1. The first-order valence-electron chi connectivity index (χ1n) is 10.4. The van der Waals surface area contributed by atoms with Crippen LogP contribution >= 0.6 is 0 Å². The van der Waals surface area contributed by atoms with Gasteiger partial charge < -0.3 is 15.2 Å². The van der Waals surface area contributed by atoms with E-state index in [1.165, 1.54) is 0 Å². The van der Waals surface area contributed by atoms with Gasteiger partial charge in [-0.2, -0.15) is 0 Å². The zero-order valence-corrected chi connectivity index (χ0v) is 16.4. The highest BCUT2D eigenvalue weighted by atomic mass is 16.5. The molecule has 28 heavy (non-hydrogen) atoms. The molecule has 4 rings (SSSR count). The lowest BCUT2D eigenvalue weighted by molar-refractivity contribution is -0.0188. The van der Waals surface area contributed by atoms with Crippen LogP contribution in [0.15, 0.2) is 29.2 Å². The van der Waals surface area contributed by atoms with Crippen molar-refractivity contribution < 1.29 is 9.84 Å². The third-order valence-corrected chi connectivity index (χ3v) is 5.99. The van der Waals surface area contributed by atoms with Gasteiger partial charge in [0.2, 0.25) is 5.79 Å². The summed E-state index contributed by atoms with van der Waals surface area (Å²) in [6.07, 6.45) is 12.0. The lowest BCUT2D eigenvalue weighted by Gasteiger charge is -2.46. The number of dihydropyridines is 1. The fraction of sp³-hybridized carbons (Fsp3) is 0.650. The van der Waals surface area contributed by atoms with Crippen LogP contribution in [0.5, 0.6) is 0 Å². The van der Waals surface area contributed by atoms with Crippen LogP contribution in [0.3, 0.4) is 0 Å². The van der Waals surface area contributed by atoms with Crippen molar-refractivity contribution in [3.05, 3.63) is 46.0 Å². The number of aliphatic hydroxyl groups is 1. The Morgan fingerprint density at radius 2 is 1.93 bits per heavy atom. The molecule has 0 spiro atoms. The molecule has 8 nitrogen and oxygen atoms in total. The van der Waals surface area contributed by atoms with Gasteiger partial charge in [0.05, 0.1) is 19.8 Å². The number of nitrogens with one attached hydrogen (secondary N) is 2. The summed E-state index contributed by atoms with van der Waals surface area (Å²) in [6, 6.07) is 0. The Morgan fingerprint density at radius 3 is 2.64 bits per heavy atom. The number of allylic oxidation sites excluding steroid dienone is 2. The number of aliphatic hydroxyl groups excluding tert-OH is 1. The number of fused-ring (bicyclic) bond motifs is 1. The number of aryl methyl sites for hydroxylation is 1. The van der Waals surface area contributed by atoms with E-state index in [4.69, 9.17) is 9.84 Å². The summed E-state index contributed by atoms with van der Waals surface area (Å²) >= 11 is 0. The van der Waals surface area contributed by atoms with Crippen molar-refractivity contribution in [1.82, 2.24) is 24.9 Å². The van der Waals surface area contributed by atoms with Gasteiger partial charge in [0.15, 0.2) is 0 Å². The Hall–Kier alpha value is -1.87. The zero-order chi connectivity index (χ0) is 19.4. The van der Waals surface area contributed by atoms with Gasteiger partial charge in [0.25, 0.3) is 5.56 Å². The third kappa shape index (κ3) is 3.69. The second-order valence-corrected chi connectivity index (χ2v) is 7.67. The zero-order valence-electron chi connectivity index (χ0n) is 16.4. The molecule has 1 fully saturated rings. The van der Waals surface area contributed by atoms with Crippen LogP contribution in [-0.2, 0) is 23.4 Å². The van der Waals surface area contributed by atoms with Gasteiger partial charge in [-0.3, -0.25) is 19.7 Å². The van der Waals surface area contributed by atoms with Gasteiger partial charge in [0, 0.05) is 44.0 Å². The number of aromatic nitrogens is 2. The quantitative estimate of drug-likeness (QED) is 0.568. The predicted molar refractivity (Wildman–Crippen MR) is 107 cm³/mol. The van der Waals surface area contributed by atoms with Crippen LogP contribution in [0.2, 0.25) is 0 Å². The molecule has 1 aliphatic carbocycles. The number of nitrogens with zero attached hydrogens (tertiary/aromatic N) is 3. The summed E-state index contributed by atoms with van der Waals surface area (Å²) in [7, 11) is 0. The summed E-state index contributed by atoms with van der Waals surface area (Å²) in [5.41, 5.74) is 2.15. The van der Waals surface area contributed by atoms with Gasteiger partial charge in [0.1, 0.15) is 0 Å². The average molecular weight is 390 g/mol. The van der Waals surface area contributed by atoms with Gasteiger partial charge in [-0.15, -0.1) is 0 Å². The lowest BCUT2D eigenvalue weighted by atomic mass is 9.98. The van der Waals surface area contributed by atoms with Crippen molar-refractivity contribution in [2.24, 2.45) is 0 Å². The highest BCUT2D eigenvalue weighted by molar-refractivity contribution is 5.24. The number of piperazine rings is 1. The largest absolute Gasteiger partial charge is 0.394 e. The van der Waals surface area contributed by atoms with Crippen LogP contribution in [0.25, 0.3) is 0 Å². The van der Waals surface area contributed by atoms with Crippen molar-refractivity contribution in [2.45, 2.75) is 31.5 Å². The molecule has 1 aromatic rings. The molecule has 3 N–H and O–H groups in total. The SMILES string of the molecule is O=c1c2c([nH]n1C1(N3CCN(CCOCCO)CC3)C=CC=CN1)CCCC2. The number of ether oxygens (including phenoxy) is 1. The summed E-state index contributed by atoms with van der Waals surface area (Å²) in [5, 5.41) is 15.7. The number of aromatic amines is 1. The van der Waals surface area contributed by atoms with E-state index >= 15 is 0 Å². The van der Waals surface area contributed by atoms with E-state index in [9.17, 15) is 4.79 Å². The molecular weight excluding hydrogens is 358 g/mol. The fourth-order valence-corrected chi connectivity index (χ4v) is 4.44. The monoisotopic (exact) mass is 389 g/mol. The Labute approximate surface area is 165 Å². The summed E-state index contributed by atoms with van der Waals surface area (Å²) in [4.78, 5) is 17.9. The first-order chi connectivity index (χ1) is 13.7. The second kappa shape index (κ2) is 8.65. The van der Waals surface area contributed by atoms with Crippen molar-refractivity contribution in [3.63, 3.8) is 0 Å². The molecule has 2 aliphatic heterocycles. The topological polar surface area (TPSA) is 85.8 Å². The van der Waals surface area contributed by atoms with E-state index in [0.717, 1.165) is 69.7 Å². The summed E-state index contributed by atoms with van der Waals surface area (Å²) in [5.74, 6) is -0.678. The van der Waals surface area contributed by atoms with E-state index in [2.05, 4.69) is 26.3 Å². The second-order valence-electron chi connectivity index (χ2n) is 7.67. The maximum Gasteiger partial charge on any atom is 0.273 e. The van der Waals surface area contributed by atoms with E-state index in [1.807, 2.05) is 18.4 Å². The molecular formula is C20H31N5O3. The van der Waals surface area contributed by atoms with Gasteiger partial charge >= 0.3 is 0 Å². The minimum atomic E-state index is -0.678. The molecule has 154 valence electrons. The minimum absolute atomic E-state index is 0.0662. The Bertz CT molecular complexity index is 775. The van der Waals surface area contributed by atoms with Crippen LogP contribution in [-0.4, -0.2) is 77.2 Å². The minimum Gasteiger partial charge on any atom is -0.394 e. The normalized spacial score (nSPS) is 25.6. The Kier molecular flexibility index (Phi) is 6.01. The number of rotatable bonds is 7. The maximum absolute atomic E-state index is 13.2. The van der Waals surface area contributed by atoms with E-state index < -0.39 is 5.79 Å². The predicted octanol–water partition coefficient (Wildman–Crippen LogP) is -0.0349. The molecule has 1 atom stereocenters. The highest BCUT2D eigenvalue weighted by Gasteiger charge is 2.41. The third-order valence-electron chi connectivity index (χ3n) is 5.99.